The minimum atomic E-state index is 0.0342. The van der Waals surface area contributed by atoms with E-state index in [1.165, 1.54) is 0 Å². The molecule has 0 bridgehead atoms. The predicted octanol–water partition coefficient (Wildman–Crippen LogP) is 2.85. The standard InChI is InChI=1S/C9H10Br2O2/c1-13-5-7-3-8(10)6(4-12)2-9(7)11/h2-3,12H,4-5H2,1H3. The lowest BCUT2D eigenvalue weighted by Crippen LogP contribution is -1.93. The fourth-order valence-electron chi connectivity index (χ4n) is 1.02. The van der Waals surface area contributed by atoms with Gasteiger partial charge in [-0.25, -0.2) is 0 Å². The summed E-state index contributed by atoms with van der Waals surface area (Å²) in [6.07, 6.45) is 0. The smallest absolute Gasteiger partial charge is 0.0724 e. The third-order valence-corrected chi connectivity index (χ3v) is 3.16. The molecule has 4 heteroatoms. The summed E-state index contributed by atoms with van der Waals surface area (Å²) < 4.78 is 6.89. The molecule has 1 rings (SSSR count). The quantitative estimate of drug-likeness (QED) is 0.930. The Morgan fingerprint density at radius 2 is 1.77 bits per heavy atom. The first-order chi connectivity index (χ1) is 6.19. The van der Waals surface area contributed by atoms with E-state index in [0.29, 0.717) is 6.61 Å². The van der Waals surface area contributed by atoms with E-state index >= 15 is 0 Å². The summed E-state index contributed by atoms with van der Waals surface area (Å²) in [6.45, 7) is 0.595. The van der Waals surface area contributed by atoms with E-state index in [-0.39, 0.29) is 6.61 Å². The van der Waals surface area contributed by atoms with E-state index in [9.17, 15) is 0 Å². The molecule has 1 aromatic rings. The van der Waals surface area contributed by atoms with Crippen LogP contribution in [0.15, 0.2) is 21.1 Å². The summed E-state index contributed by atoms with van der Waals surface area (Å²) in [4.78, 5) is 0. The summed E-state index contributed by atoms with van der Waals surface area (Å²) in [5.74, 6) is 0. The fraction of sp³-hybridized carbons (Fsp3) is 0.333. The van der Waals surface area contributed by atoms with Crippen molar-refractivity contribution < 1.29 is 9.84 Å². The molecule has 0 aromatic heterocycles. The van der Waals surface area contributed by atoms with Crippen molar-refractivity contribution in [3.05, 3.63) is 32.2 Å². The molecule has 0 radical (unpaired) electrons. The molecule has 72 valence electrons. The molecule has 0 amide bonds. The summed E-state index contributed by atoms with van der Waals surface area (Å²) in [6, 6.07) is 3.83. The van der Waals surface area contributed by atoms with Gasteiger partial charge in [-0.15, -0.1) is 0 Å². The monoisotopic (exact) mass is 308 g/mol. The van der Waals surface area contributed by atoms with Crippen LogP contribution in [0.4, 0.5) is 0 Å². The zero-order valence-electron chi connectivity index (χ0n) is 7.18. The average Bonchev–Trinajstić information content (AvgIpc) is 2.11. The number of hydrogen-bond donors (Lipinski definition) is 1. The molecule has 2 nitrogen and oxygen atoms in total. The molecular formula is C9H10Br2O2. The van der Waals surface area contributed by atoms with Gasteiger partial charge in [0.05, 0.1) is 13.2 Å². The first kappa shape index (κ1) is 11.2. The summed E-state index contributed by atoms with van der Waals surface area (Å²) in [7, 11) is 1.65. The van der Waals surface area contributed by atoms with Crippen LogP contribution < -0.4 is 0 Å². The van der Waals surface area contributed by atoms with E-state index in [1.54, 1.807) is 7.11 Å². The lowest BCUT2D eigenvalue weighted by molar-refractivity contribution is 0.184. The van der Waals surface area contributed by atoms with Gasteiger partial charge in [-0.2, -0.15) is 0 Å². The van der Waals surface area contributed by atoms with E-state index in [1.807, 2.05) is 12.1 Å². The first-order valence-electron chi connectivity index (χ1n) is 3.75. The molecular weight excluding hydrogens is 300 g/mol. The maximum absolute atomic E-state index is 8.98. The summed E-state index contributed by atoms with van der Waals surface area (Å²) in [5.41, 5.74) is 1.93. The second kappa shape index (κ2) is 5.10. The van der Waals surface area contributed by atoms with Crippen molar-refractivity contribution in [3.63, 3.8) is 0 Å². The van der Waals surface area contributed by atoms with Crippen molar-refractivity contribution in [3.8, 4) is 0 Å². The number of ether oxygens (including phenoxy) is 1. The van der Waals surface area contributed by atoms with Crippen LogP contribution in [-0.4, -0.2) is 12.2 Å². The van der Waals surface area contributed by atoms with Crippen molar-refractivity contribution in [2.45, 2.75) is 13.2 Å². The Morgan fingerprint density at radius 1 is 1.23 bits per heavy atom. The first-order valence-corrected chi connectivity index (χ1v) is 5.34. The number of aliphatic hydroxyl groups excluding tert-OH is 1. The maximum Gasteiger partial charge on any atom is 0.0724 e. The van der Waals surface area contributed by atoms with Crippen molar-refractivity contribution in [2.24, 2.45) is 0 Å². The van der Waals surface area contributed by atoms with Gasteiger partial charge in [-0.1, -0.05) is 31.9 Å². The van der Waals surface area contributed by atoms with Crippen molar-refractivity contribution >= 4 is 31.9 Å². The van der Waals surface area contributed by atoms with Gasteiger partial charge < -0.3 is 9.84 Å². The zero-order valence-corrected chi connectivity index (χ0v) is 10.4. The number of benzene rings is 1. The SMILES string of the molecule is COCc1cc(Br)c(CO)cc1Br. The van der Waals surface area contributed by atoms with E-state index in [4.69, 9.17) is 9.84 Å². The number of hydrogen-bond acceptors (Lipinski definition) is 2. The third kappa shape index (κ3) is 2.77. The van der Waals surface area contributed by atoms with Gasteiger partial charge >= 0.3 is 0 Å². The molecule has 0 aliphatic rings. The summed E-state index contributed by atoms with van der Waals surface area (Å²) in [5, 5.41) is 8.98. The molecule has 0 atom stereocenters. The molecule has 1 aromatic carbocycles. The molecule has 1 N–H and O–H groups in total. The third-order valence-electron chi connectivity index (χ3n) is 1.69. The molecule has 0 aliphatic carbocycles. The Labute approximate surface area is 94.2 Å². The maximum atomic E-state index is 8.98. The van der Waals surface area contributed by atoms with Gasteiger partial charge in [0.15, 0.2) is 0 Å². The molecule has 0 saturated heterocycles. The van der Waals surface area contributed by atoms with Gasteiger partial charge in [0, 0.05) is 16.1 Å². The van der Waals surface area contributed by atoms with Gasteiger partial charge in [0.25, 0.3) is 0 Å². The number of rotatable bonds is 3. The second-order valence-electron chi connectivity index (χ2n) is 2.63. The molecule has 13 heavy (non-hydrogen) atoms. The van der Waals surface area contributed by atoms with Gasteiger partial charge in [0.1, 0.15) is 0 Å². The lowest BCUT2D eigenvalue weighted by atomic mass is 10.1. The largest absolute Gasteiger partial charge is 0.392 e. The topological polar surface area (TPSA) is 29.5 Å². The fourth-order valence-corrected chi connectivity index (χ4v) is 2.04. The van der Waals surface area contributed by atoms with E-state index in [0.717, 1.165) is 20.1 Å². The molecule has 0 unspecified atom stereocenters. The van der Waals surface area contributed by atoms with E-state index < -0.39 is 0 Å². The van der Waals surface area contributed by atoms with Gasteiger partial charge in [-0.05, 0) is 23.3 Å². The van der Waals surface area contributed by atoms with Gasteiger partial charge in [-0.3, -0.25) is 0 Å². The highest BCUT2D eigenvalue weighted by molar-refractivity contribution is 9.11. The Hall–Kier alpha value is 0.1000. The molecule has 0 aliphatic heterocycles. The highest BCUT2D eigenvalue weighted by Crippen LogP contribution is 2.26. The second-order valence-corrected chi connectivity index (χ2v) is 4.33. The normalized spacial score (nSPS) is 10.5. The molecule has 0 spiro atoms. The van der Waals surface area contributed by atoms with Crippen molar-refractivity contribution in [1.82, 2.24) is 0 Å². The van der Waals surface area contributed by atoms with Crippen LogP contribution in [-0.2, 0) is 18.0 Å². The Balaban J connectivity index is 3.05. The average molecular weight is 310 g/mol. The number of methoxy groups -OCH3 is 1. The Morgan fingerprint density at radius 3 is 2.31 bits per heavy atom. The number of aliphatic hydroxyl groups is 1. The lowest BCUT2D eigenvalue weighted by Gasteiger charge is -2.07. The van der Waals surface area contributed by atoms with Crippen LogP contribution in [0.3, 0.4) is 0 Å². The highest BCUT2D eigenvalue weighted by atomic mass is 79.9. The zero-order chi connectivity index (χ0) is 9.84. The minimum Gasteiger partial charge on any atom is -0.392 e. The predicted molar refractivity (Wildman–Crippen MR) is 58.5 cm³/mol. The molecule has 0 heterocycles. The van der Waals surface area contributed by atoms with Crippen LogP contribution >= 0.6 is 31.9 Å². The van der Waals surface area contributed by atoms with E-state index in [2.05, 4.69) is 31.9 Å². The van der Waals surface area contributed by atoms with Crippen LogP contribution in [0, 0.1) is 0 Å². The van der Waals surface area contributed by atoms with Crippen LogP contribution in [0.25, 0.3) is 0 Å². The van der Waals surface area contributed by atoms with Crippen LogP contribution in [0.2, 0.25) is 0 Å². The van der Waals surface area contributed by atoms with Crippen molar-refractivity contribution in [2.75, 3.05) is 7.11 Å². The Bertz CT molecular complexity index is 300. The number of halogens is 2. The van der Waals surface area contributed by atoms with Crippen LogP contribution in [0.5, 0.6) is 0 Å². The van der Waals surface area contributed by atoms with Gasteiger partial charge in [0.2, 0.25) is 0 Å². The van der Waals surface area contributed by atoms with Crippen LogP contribution in [0.1, 0.15) is 11.1 Å². The molecule has 0 fully saturated rings. The highest BCUT2D eigenvalue weighted by Gasteiger charge is 2.05. The Kier molecular flexibility index (Phi) is 4.38. The van der Waals surface area contributed by atoms with Crippen molar-refractivity contribution in [1.29, 1.82) is 0 Å². The molecule has 0 saturated carbocycles. The minimum absolute atomic E-state index is 0.0342. The summed E-state index contributed by atoms with van der Waals surface area (Å²) >= 11 is 6.79.